The van der Waals surface area contributed by atoms with Crippen LogP contribution in [0.2, 0.25) is 0 Å². The molecular formula is C21H23NO3S. The molecule has 0 unspecified atom stereocenters. The van der Waals surface area contributed by atoms with Crippen LogP contribution < -0.4 is 9.47 Å². The van der Waals surface area contributed by atoms with Crippen molar-refractivity contribution in [2.75, 3.05) is 26.3 Å². The zero-order valence-corrected chi connectivity index (χ0v) is 15.6. The van der Waals surface area contributed by atoms with Gasteiger partial charge in [-0.2, -0.15) is 0 Å². The summed E-state index contributed by atoms with van der Waals surface area (Å²) in [6.45, 7) is 3.19. The Kier molecular flexibility index (Phi) is 5.34. The average Bonchev–Trinajstić information content (AvgIpc) is 3.12. The standard InChI is InChI=1S/C21H23NO3S/c23-21(22-10-1-2-11-22)17-6-4-16(5-7-17)15-26-18-8-9-19-20(14-18)25-13-3-12-24-19/h4-9,14H,1-3,10-13,15H2. The predicted molar refractivity (Wildman–Crippen MR) is 103 cm³/mol. The van der Waals surface area contributed by atoms with E-state index < -0.39 is 0 Å². The van der Waals surface area contributed by atoms with Gasteiger partial charge in [0, 0.05) is 35.7 Å². The lowest BCUT2D eigenvalue weighted by Crippen LogP contribution is -2.27. The van der Waals surface area contributed by atoms with Gasteiger partial charge in [-0.05, 0) is 48.7 Å². The summed E-state index contributed by atoms with van der Waals surface area (Å²) in [4.78, 5) is 15.5. The van der Waals surface area contributed by atoms with Gasteiger partial charge in [0.2, 0.25) is 0 Å². The highest BCUT2D eigenvalue weighted by atomic mass is 32.2. The molecule has 1 saturated heterocycles. The highest BCUT2D eigenvalue weighted by molar-refractivity contribution is 7.98. The number of carbonyl (C=O) groups is 1. The number of thioether (sulfide) groups is 1. The smallest absolute Gasteiger partial charge is 0.253 e. The van der Waals surface area contributed by atoms with Crippen LogP contribution in [0.5, 0.6) is 11.5 Å². The molecule has 2 aliphatic rings. The largest absolute Gasteiger partial charge is 0.490 e. The Bertz CT molecular complexity index is 769. The van der Waals surface area contributed by atoms with Crippen LogP contribution in [-0.4, -0.2) is 37.1 Å². The van der Waals surface area contributed by atoms with Crippen molar-refractivity contribution in [1.82, 2.24) is 4.90 Å². The molecule has 136 valence electrons. The van der Waals surface area contributed by atoms with Gasteiger partial charge in [-0.25, -0.2) is 0 Å². The third-order valence-electron chi connectivity index (χ3n) is 4.72. The summed E-state index contributed by atoms with van der Waals surface area (Å²) in [5.74, 6) is 2.68. The molecular weight excluding hydrogens is 346 g/mol. The zero-order valence-electron chi connectivity index (χ0n) is 14.8. The third kappa shape index (κ3) is 3.98. The Morgan fingerprint density at radius 1 is 0.923 bits per heavy atom. The maximum Gasteiger partial charge on any atom is 0.253 e. The molecule has 2 aromatic rings. The van der Waals surface area contributed by atoms with Crippen LogP contribution >= 0.6 is 11.8 Å². The van der Waals surface area contributed by atoms with Crippen LogP contribution in [-0.2, 0) is 5.75 Å². The van der Waals surface area contributed by atoms with E-state index in [2.05, 4.69) is 24.3 Å². The van der Waals surface area contributed by atoms with Crippen molar-refractivity contribution in [3.8, 4) is 11.5 Å². The second-order valence-corrected chi connectivity index (χ2v) is 7.69. The number of likely N-dealkylation sites (tertiary alicyclic amines) is 1. The van der Waals surface area contributed by atoms with Crippen molar-refractivity contribution in [2.45, 2.75) is 29.9 Å². The molecule has 0 spiro atoms. The van der Waals surface area contributed by atoms with E-state index in [1.807, 2.05) is 23.1 Å². The molecule has 4 nitrogen and oxygen atoms in total. The number of hydrogen-bond donors (Lipinski definition) is 0. The van der Waals surface area contributed by atoms with Crippen molar-refractivity contribution in [1.29, 1.82) is 0 Å². The Morgan fingerprint density at radius 3 is 2.42 bits per heavy atom. The summed E-state index contributed by atoms with van der Waals surface area (Å²) in [6, 6.07) is 14.1. The van der Waals surface area contributed by atoms with Gasteiger partial charge in [-0.3, -0.25) is 4.79 Å². The lowest BCUT2D eigenvalue weighted by molar-refractivity contribution is 0.0793. The molecule has 5 heteroatoms. The van der Waals surface area contributed by atoms with Crippen LogP contribution in [0.3, 0.4) is 0 Å². The first-order chi connectivity index (χ1) is 12.8. The summed E-state index contributed by atoms with van der Waals surface area (Å²) in [6.07, 6.45) is 3.16. The van der Waals surface area contributed by atoms with Crippen LogP contribution in [0.4, 0.5) is 0 Å². The van der Waals surface area contributed by atoms with Crippen molar-refractivity contribution in [3.63, 3.8) is 0 Å². The highest BCUT2D eigenvalue weighted by Crippen LogP contribution is 2.34. The van der Waals surface area contributed by atoms with Gasteiger partial charge in [-0.1, -0.05) is 12.1 Å². The van der Waals surface area contributed by atoms with Crippen LogP contribution in [0.25, 0.3) is 0 Å². The molecule has 2 aromatic carbocycles. The monoisotopic (exact) mass is 369 g/mol. The van der Waals surface area contributed by atoms with E-state index in [0.717, 1.165) is 60.1 Å². The van der Waals surface area contributed by atoms with E-state index in [-0.39, 0.29) is 5.91 Å². The second-order valence-electron chi connectivity index (χ2n) is 6.64. The normalized spacial score (nSPS) is 16.4. The van der Waals surface area contributed by atoms with E-state index in [9.17, 15) is 4.79 Å². The molecule has 0 saturated carbocycles. The first kappa shape index (κ1) is 17.3. The topological polar surface area (TPSA) is 38.8 Å². The summed E-state index contributed by atoms with van der Waals surface area (Å²) in [7, 11) is 0. The van der Waals surface area contributed by atoms with Gasteiger partial charge >= 0.3 is 0 Å². The first-order valence-electron chi connectivity index (χ1n) is 9.20. The Balaban J connectivity index is 1.37. The number of carbonyl (C=O) groups excluding carboxylic acids is 1. The fourth-order valence-electron chi connectivity index (χ4n) is 3.25. The molecule has 0 bridgehead atoms. The SMILES string of the molecule is O=C(c1ccc(CSc2ccc3c(c2)OCCCO3)cc1)N1CCCC1. The predicted octanol–water partition coefficient (Wildman–Crippen LogP) is 4.38. The maximum absolute atomic E-state index is 12.4. The van der Waals surface area contributed by atoms with Crippen molar-refractivity contribution >= 4 is 17.7 Å². The molecule has 0 aliphatic carbocycles. The zero-order chi connectivity index (χ0) is 17.8. The van der Waals surface area contributed by atoms with Crippen LogP contribution in [0.15, 0.2) is 47.4 Å². The van der Waals surface area contributed by atoms with Crippen molar-refractivity contribution < 1.29 is 14.3 Å². The minimum absolute atomic E-state index is 0.157. The quantitative estimate of drug-likeness (QED) is 0.750. The van der Waals surface area contributed by atoms with E-state index in [1.54, 1.807) is 11.8 Å². The number of benzene rings is 2. The Morgan fingerprint density at radius 2 is 1.65 bits per heavy atom. The van der Waals surface area contributed by atoms with Gasteiger partial charge in [0.15, 0.2) is 11.5 Å². The van der Waals surface area contributed by atoms with Crippen molar-refractivity contribution in [3.05, 3.63) is 53.6 Å². The van der Waals surface area contributed by atoms with Crippen LogP contribution in [0.1, 0.15) is 35.2 Å². The van der Waals surface area contributed by atoms with Gasteiger partial charge in [0.1, 0.15) is 0 Å². The molecule has 0 radical (unpaired) electrons. The highest BCUT2D eigenvalue weighted by Gasteiger charge is 2.19. The lowest BCUT2D eigenvalue weighted by atomic mass is 10.1. The lowest BCUT2D eigenvalue weighted by Gasteiger charge is -2.15. The number of fused-ring (bicyclic) bond motifs is 1. The van der Waals surface area contributed by atoms with E-state index in [0.29, 0.717) is 13.2 Å². The molecule has 26 heavy (non-hydrogen) atoms. The number of ether oxygens (including phenoxy) is 2. The van der Waals surface area contributed by atoms with Gasteiger partial charge < -0.3 is 14.4 Å². The summed E-state index contributed by atoms with van der Waals surface area (Å²) >= 11 is 1.76. The summed E-state index contributed by atoms with van der Waals surface area (Å²) in [5.41, 5.74) is 2.00. The number of hydrogen-bond acceptors (Lipinski definition) is 4. The Labute approximate surface area is 158 Å². The van der Waals surface area contributed by atoms with Gasteiger partial charge in [0.05, 0.1) is 13.2 Å². The minimum atomic E-state index is 0.157. The van der Waals surface area contributed by atoms with Crippen LogP contribution in [0, 0.1) is 0 Å². The fourth-order valence-corrected chi connectivity index (χ4v) is 4.13. The molecule has 0 atom stereocenters. The number of amides is 1. The maximum atomic E-state index is 12.4. The minimum Gasteiger partial charge on any atom is -0.490 e. The molecule has 2 heterocycles. The summed E-state index contributed by atoms with van der Waals surface area (Å²) in [5, 5.41) is 0. The van der Waals surface area contributed by atoms with Gasteiger partial charge in [0.25, 0.3) is 5.91 Å². The molecule has 0 N–H and O–H groups in total. The fraction of sp³-hybridized carbons (Fsp3) is 0.381. The van der Waals surface area contributed by atoms with Gasteiger partial charge in [-0.15, -0.1) is 11.8 Å². The molecule has 1 amide bonds. The molecule has 2 aliphatic heterocycles. The van der Waals surface area contributed by atoms with E-state index in [4.69, 9.17) is 9.47 Å². The second kappa shape index (κ2) is 8.04. The molecule has 4 rings (SSSR count). The average molecular weight is 369 g/mol. The first-order valence-corrected chi connectivity index (χ1v) is 10.2. The number of nitrogens with zero attached hydrogens (tertiary/aromatic N) is 1. The third-order valence-corrected chi connectivity index (χ3v) is 5.78. The van der Waals surface area contributed by atoms with E-state index >= 15 is 0 Å². The molecule has 0 aromatic heterocycles. The number of rotatable bonds is 4. The van der Waals surface area contributed by atoms with E-state index in [1.165, 1.54) is 5.56 Å². The van der Waals surface area contributed by atoms with Crippen molar-refractivity contribution in [2.24, 2.45) is 0 Å². The summed E-state index contributed by atoms with van der Waals surface area (Å²) < 4.78 is 11.4. The molecule has 1 fully saturated rings. The Hall–Kier alpha value is -2.14.